The lowest BCUT2D eigenvalue weighted by atomic mass is 9.92. The minimum atomic E-state index is 0.442. The molecule has 160 valence electrons. The molecule has 0 radical (unpaired) electrons. The number of hydrogen-bond acceptors (Lipinski definition) is 1. The second-order valence-corrected chi connectivity index (χ2v) is 9.45. The topological polar surface area (TPSA) is 21.7 Å². The number of imidazole rings is 1. The first-order chi connectivity index (χ1) is 14.7. The maximum Gasteiger partial charge on any atom is 0.349 e. The Morgan fingerprint density at radius 1 is 0.871 bits per heavy atom. The average Bonchev–Trinajstić information content (AvgIpc) is 3.15. The van der Waals surface area contributed by atoms with Crippen molar-refractivity contribution >= 4 is 11.2 Å². The van der Waals surface area contributed by atoms with Crippen LogP contribution in [0, 0.1) is 20.8 Å². The summed E-state index contributed by atoms with van der Waals surface area (Å²) in [6.45, 7) is 15.6. The molecule has 0 aliphatic heterocycles. The zero-order valence-corrected chi connectivity index (χ0v) is 20.1. The Bertz CT molecular complexity index is 1250. The second kappa shape index (κ2) is 7.96. The molecule has 0 amide bonds. The van der Waals surface area contributed by atoms with Crippen molar-refractivity contribution in [1.29, 1.82) is 0 Å². The predicted molar refractivity (Wildman–Crippen MR) is 130 cm³/mol. The molecule has 0 spiro atoms. The Morgan fingerprint density at radius 3 is 2.13 bits per heavy atom. The molecule has 2 heterocycles. The summed E-state index contributed by atoms with van der Waals surface area (Å²) in [4.78, 5) is 4.88. The van der Waals surface area contributed by atoms with Gasteiger partial charge in [-0.25, -0.2) is 4.57 Å². The van der Waals surface area contributed by atoms with E-state index in [9.17, 15) is 0 Å². The van der Waals surface area contributed by atoms with Crippen molar-refractivity contribution in [2.45, 2.75) is 60.3 Å². The summed E-state index contributed by atoms with van der Waals surface area (Å²) in [5.41, 5.74) is 12.6. The van der Waals surface area contributed by atoms with Crippen LogP contribution in [-0.4, -0.2) is 9.55 Å². The first-order valence-electron chi connectivity index (χ1n) is 11.3. The lowest BCUT2D eigenvalue weighted by Gasteiger charge is -2.20. The van der Waals surface area contributed by atoms with Crippen LogP contribution >= 0.6 is 0 Å². The van der Waals surface area contributed by atoms with Gasteiger partial charge in [0.05, 0.1) is 12.7 Å². The van der Waals surface area contributed by atoms with Crippen molar-refractivity contribution in [3.63, 3.8) is 0 Å². The normalized spacial score (nSPS) is 11.8. The number of nitrogens with zero attached hydrogens (tertiary/aromatic N) is 3. The van der Waals surface area contributed by atoms with Crippen molar-refractivity contribution in [2.24, 2.45) is 7.05 Å². The third kappa shape index (κ3) is 3.56. The highest BCUT2D eigenvalue weighted by Gasteiger charge is 2.23. The van der Waals surface area contributed by atoms with E-state index < -0.39 is 0 Å². The first kappa shape index (κ1) is 21.3. The van der Waals surface area contributed by atoms with Crippen LogP contribution < -0.4 is 4.57 Å². The summed E-state index contributed by atoms with van der Waals surface area (Å²) in [7, 11) is 2.13. The predicted octanol–water partition coefficient (Wildman–Crippen LogP) is 6.69. The summed E-state index contributed by atoms with van der Waals surface area (Å²) in [5.74, 6) is 0.884. The Morgan fingerprint density at radius 2 is 1.52 bits per heavy atom. The molecule has 0 atom stereocenters. The van der Waals surface area contributed by atoms with Gasteiger partial charge in [0.15, 0.2) is 0 Å². The smallest absolute Gasteiger partial charge is 0.272 e. The van der Waals surface area contributed by atoms with Crippen LogP contribution in [-0.2, 0) is 7.05 Å². The molecule has 0 bridgehead atoms. The van der Waals surface area contributed by atoms with Gasteiger partial charge in [0, 0.05) is 5.56 Å². The molecular weight excluding hydrogens is 378 g/mol. The zero-order chi connectivity index (χ0) is 22.4. The van der Waals surface area contributed by atoms with Gasteiger partial charge in [-0.1, -0.05) is 57.5 Å². The molecule has 4 aromatic rings. The number of hydrogen-bond donors (Lipinski definition) is 0. The molecule has 0 saturated carbocycles. The van der Waals surface area contributed by atoms with E-state index in [0.29, 0.717) is 11.8 Å². The van der Waals surface area contributed by atoms with E-state index in [0.717, 1.165) is 11.2 Å². The summed E-state index contributed by atoms with van der Waals surface area (Å²) < 4.78 is 4.53. The van der Waals surface area contributed by atoms with Gasteiger partial charge >= 0.3 is 5.65 Å². The van der Waals surface area contributed by atoms with Crippen LogP contribution in [0.2, 0.25) is 0 Å². The maximum atomic E-state index is 4.88. The van der Waals surface area contributed by atoms with Gasteiger partial charge in [-0.2, -0.15) is 0 Å². The van der Waals surface area contributed by atoms with E-state index in [1.54, 1.807) is 0 Å². The van der Waals surface area contributed by atoms with Crippen LogP contribution in [0.25, 0.3) is 28.1 Å². The van der Waals surface area contributed by atoms with Gasteiger partial charge in [0.2, 0.25) is 6.33 Å². The molecular formula is C28H34N3+. The van der Waals surface area contributed by atoms with Crippen molar-refractivity contribution in [1.82, 2.24) is 9.55 Å². The molecule has 4 rings (SSSR count). The largest absolute Gasteiger partial charge is 0.349 e. The third-order valence-electron chi connectivity index (χ3n) is 6.53. The van der Waals surface area contributed by atoms with Crippen molar-refractivity contribution in [3.05, 3.63) is 76.6 Å². The van der Waals surface area contributed by atoms with Crippen LogP contribution in [0.3, 0.4) is 0 Å². The summed E-state index contributed by atoms with van der Waals surface area (Å²) in [6.07, 6.45) is 2.00. The van der Waals surface area contributed by atoms with E-state index in [1.165, 1.54) is 44.8 Å². The van der Waals surface area contributed by atoms with Gasteiger partial charge in [-0.15, -0.1) is 0 Å². The minimum Gasteiger partial charge on any atom is -0.272 e. The number of aryl methyl sites for hydroxylation is 3. The first-order valence-corrected chi connectivity index (χ1v) is 11.3. The minimum absolute atomic E-state index is 0.442. The quantitative estimate of drug-likeness (QED) is 0.342. The Labute approximate surface area is 186 Å². The highest BCUT2D eigenvalue weighted by atomic mass is 15.1. The number of rotatable bonds is 4. The summed E-state index contributed by atoms with van der Waals surface area (Å²) in [5, 5.41) is 0. The summed E-state index contributed by atoms with van der Waals surface area (Å²) in [6, 6.07) is 15.7. The van der Waals surface area contributed by atoms with Crippen LogP contribution in [0.4, 0.5) is 0 Å². The Kier molecular flexibility index (Phi) is 5.47. The van der Waals surface area contributed by atoms with Crippen LogP contribution in [0.5, 0.6) is 0 Å². The molecule has 0 fully saturated rings. The molecule has 3 nitrogen and oxygen atoms in total. The molecule has 0 N–H and O–H groups in total. The molecule has 0 unspecified atom stereocenters. The van der Waals surface area contributed by atoms with E-state index in [4.69, 9.17) is 4.98 Å². The lowest BCUT2D eigenvalue weighted by Crippen LogP contribution is -2.32. The number of para-hydroxylation sites is 1. The molecule has 31 heavy (non-hydrogen) atoms. The Hall–Kier alpha value is -2.94. The monoisotopic (exact) mass is 412 g/mol. The van der Waals surface area contributed by atoms with Crippen molar-refractivity contribution in [2.75, 3.05) is 0 Å². The molecule has 0 aliphatic rings. The second-order valence-electron chi connectivity index (χ2n) is 9.45. The van der Waals surface area contributed by atoms with Crippen LogP contribution in [0.1, 0.15) is 67.3 Å². The fourth-order valence-corrected chi connectivity index (χ4v) is 4.69. The third-order valence-corrected chi connectivity index (χ3v) is 6.53. The Balaban J connectivity index is 1.98. The van der Waals surface area contributed by atoms with Gasteiger partial charge in [0.25, 0.3) is 0 Å². The van der Waals surface area contributed by atoms with E-state index in [1.807, 2.05) is 6.33 Å². The van der Waals surface area contributed by atoms with E-state index >= 15 is 0 Å². The number of fused-ring (bicyclic) bond motifs is 1. The van der Waals surface area contributed by atoms with E-state index in [2.05, 4.69) is 107 Å². The van der Waals surface area contributed by atoms with Crippen LogP contribution in [0.15, 0.2) is 48.8 Å². The molecule has 2 aromatic heterocycles. The molecule has 0 aliphatic carbocycles. The van der Waals surface area contributed by atoms with Gasteiger partial charge < -0.3 is 0 Å². The van der Waals surface area contributed by atoms with Crippen molar-refractivity contribution < 1.29 is 4.57 Å². The maximum absolute atomic E-state index is 4.88. The number of aromatic nitrogens is 3. The SMILES string of the molecule is Cc1cc(C)c(C)c(-c2ccc3c(ncn3-c3c(C(C)C)cccc3C(C)C)[n+]2C)c1. The molecule has 3 heteroatoms. The zero-order valence-electron chi connectivity index (χ0n) is 20.1. The van der Waals surface area contributed by atoms with Gasteiger partial charge in [-0.3, -0.25) is 4.57 Å². The van der Waals surface area contributed by atoms with E-state index in [-0.39, 0.29) is 0 Å². The lowest BCUT2D eigenvalue weighted by molar-refractivity contribution is -0.635. The highest BCUT2D eigenvalue weighted by molar-refractivity contribution is 5.75. The number of pyridine rings is 1. The summed E-state index contributed by atoms with van der Waals surface area (Å²) >= 11 is 0. The standard InChI is InChI=1S/C28H34N3/c1-17(2)22-10-9-11-23(18(3)4)27(22)31-16-29-28-26(31)13-12-25(30(28)8)24-15-19(5)14-20(6)21(24)7/h9-18H,1-8H3/q+1. The number of benzene rings is 2. The molecule has 0 saturated heterocycles. The van der Waals surface area contributed by atoms with Crippen molar-refractivity contribution in [3.8, 4) is 16.9 Å². The van der Waals surface area contributed by atoms with Gasteiger partial charge in [0.1, 0.15) is 11.2 Å². The fourth-order valence-electron chi connectivity index (χ4n) is 4.69. The van der Waals surface area contributed by atoms with Gasteiger partial charge in [-0.05, 0) is 78.0 Å². The average molecular weight is 413 g/mol. The fraction of sp³-hybridized carbons (Fsp3) is 0.357. The highest BCUT2D eigenvalue weighted by Crippen LogP contribution is 2.33. The molecule has 2 aromatic carbocycles.